The van der Waals surface area contributed by atoms with E-state index in [1.165, 1.54) is 0 Å². The SMILES string of the molecule is CCC(N)c1cc(Oc2ccccc2)ccc1N. The average molecular weight is 242 g/mol. The Morgan fingerprint density at radius 2 is 1.78 bits per heavy atom. The minimum absolute atomic E-state index is 0.0516. The van der Waals surface area contributed by atoms with Crippen LogP contribution in [0.5, 0.6) is 11.5 Å². The zero-order valence-corrected chi connectivity index (χ0v) is 10.5. The van der Waals surface area contributed by atoms with Gasteiger partial charge in [-0.05, 0) is 42.3 Å². The lowest BCUT2D eigenvalue weighted by Crippen LogP contribution is -2.11. The minimum Gasteiger partial charge on any atom is -0.457 e. The molecule has 0 aliphatic rings. The van der Waals surface area contributed by atoms with Crippen LogP contribution in [0.25, 0.3) is 0 Å². The van der Waals surface area contributed by atoms with Gasteiger partial charge in [0, 0.05) is 11.7 Å². The van der Waals surface area contributed by atoms with Gasteiger partial charge in [-0.15, -0.1) is 0 Å². The Morgan fingerprint density at radius 3 is 2.44 bits per heavy atom. The van der Waals surface area contributed by atoms with Gasteiger partial charge in [-0.3, -0.25) is 0 Å². The molecule has 2 aromatic carbocycles. The molecule has 2 aromatic rings. The molecule has 3 heteroatoms. The topological polar surface area (TPSA) is 61.3 Å². The Kier molecular flexibility index (Phi) is 3.85. The summed E-state index contributed by atoms with van der Waals surface area (Å²) in [5, 5.41) is 0. The van der Waals surface area contributed by atoms with Gasteiger partial charge in [-0.1, -0.05) is 25.1 Å². The van der Waals surface area contributed by atoms with Gasteiger partial charge in [0.15, 0.2) is 0 Å². The molecule has 0 saturated carbocycles. The highest BCUT2D eigenvalue weighted by molar-refractivity contribution is 5.52. The van der Waals surface area contributed by atoms with Crippen molar-refractivity contribution in [2.45, 2.75) is 19.4 Å². The maximum atomic E-state index is 6.02. The molecule has 1 atom stereocenters. The smallest absolute Gasteiger partial charge is 0.127 e. The van der Waals surface area contributed by atoms with Gasteiger partial charge >= 0.3 is 0 Å². The zero-order chi connectivity index (χ0) is 13.0. The summed E-state index contributed by atoms with van der Waals surface area (Å²) >= 11 is 0. The largest absolute Gasteiger partial charge is 0.457 e. The lowest BCUT2D eigenvalue weighted by Gasteiger charge is -2.14. The van der Waals surface area contributed by atoms with E-state index in [0.29, 0.717) is 5.69 Å². The molecule has 0 radical (unpaired) electrons. The fraction of sp³-hybridized carbons (Fsp3) is 0.200. The Morgan fingerprint density at radius 1 is 1.06 bits per heavy atom. The van der Waals surface area contributed by atoms with Gasteiger partial charge < -0.3 is 16.2 Å². The molecule has 0 saturated heterocycles. The quantitative estimate of drug-likeness (QED) is 0.807. The third kappa shape index (κ3) is 2.81. The van der Waals surface area contributed by atoms with Crippen LogP contribution < -0.4 is 16.2 Å². The molecular weight excluding hydrogens is 224 g/mol. The van der Waals surface area contributed by atoms with E-state index in [2.05, 4.69) is 0 Å². The van der Waals surface area contributed by atoms with Crippen LogP contribution in [0.15, 0.2) is 48.5 Å². The van der Waals surface area contributed by atoms with E-state index in [0.717, 1.165) is 23.5 Å². The van der Waals surface area contributed by atoms with Crippen molar-refractivity contribution in [1.29, 1.82) is 0 Å². The van der Waals surface area contributed by atoms with Crippen molar-refractivity contribution in [3.8, 4) is 11.5 Å². The number of para-hydroxylation sites is 1. The molecule has 18 heavy (non-hydrogen) atoms. The van der Waals surface area contributed by atoms with Crippen molar-refractivity contribution >= 4 is 5.69 Å². The summed E-state index contributed by atoms with van der Waals surface area (Å²) in [6, 6.07) is 15.2. The fourth-order valence-corrected chi connectivity index (χ4v) is 1.78. The van der Waals surface area contributed by atoms with Crippen LogP contribution in [0.1, 0.15) is 24.9 Å². The van der Waals surface area contributed by atoms with Crippen LogP contribution in [0, 0.1) is 0 Å². The van der Waals surface area contributed by atoms with E-state index in [1.54, 1.807) is 0 Å². The molecule has 3 nitrogen and oxygen atoms in total. The van der Waals surface area contributed by atoms with E-state index in [-0.39, 0.29) is 6.04 Å². The molecule has 0 fully saturated rings. The van der Waals surface area contributed by atoms with E-state index >= 15 is 0 Å². The number of hydrogen-bond donors (Lipinski definition) is 2. The lowest BCUT2D eigenvalue weighted by atomic mass is 10.0. The molecular formula is C15H18N2O. The number of anilines is 1. The highest BCUT2D eigenvalue weighted by atomic mass is 16.5. The summed E-state index contributed by atoms with van der Waals surface area (Å²) in [7, 11) is 0. The third-order valence-electron chi connectivity index (χ3n) is 2.88. The number of hydrogen-bond acceptors (Lipinski definition) is 3. The van der Waals surface area contributed by atoms with Crippen molar-refractivity contribution in [2.24, 2.45) is 5.73 Å². The first-order chi connectivity index (χ1) is 8.70. The van der Waals surface area contributed by atoms with Crippen LogP contribution in [-0.2, 0) is 0 Å². The molecule has 0 spiro atoms. The van der Waals surface area contributed by atoms with Gasteiger partial charge in [0.05, 0.1) is 0 Å². The van der Waals surface area contributed by atoms with Crippen LogP contribution in [-0.4, -0.2) is 0 Å². The van der Waals surface area contributed by atoms with Gasteiger partial charge in [0.2, 0.25) is 0 Å². The maximum absolute atomic E-state index is 6.02. The Hall–Kier alpha value is -2.00. The van der Waals surface area contributed by atoms with Gasteiger partial charge in [0.1, 0.15) is 11.5 Å². The van der Waals surface area contributed by atoms with Crippen molar-refractivity contribution in [2.75, 3.05) is 5.73 Å². The number of nitrogens with two attached hydrogens (primary N) is 2. The highest BCUT2D eigenvalue weighted by Gasteiger charge is 2.09. The average Bonchev–Trinajstić information content (AvgIpc) is 2.41. The molecule has 0 heterocycles. The zero-order valence-electron chi connectivity index (χ0n) is 10.5. The highest BCUT2D eigenvalue weighted by Crippen LogP contribution is 2.28. The predicted octanol–water partition coefficient (Wildman–Crippen LogP) is 3.47. The molecule has 2 rings (SSSR count). The standard InChI is InChI=1S/C15H18N2O/c1-2-14(16)13-10-12(8-9-15(13)17)18-11-6-4-3-5-7-11/h3-10,14H,2,16-17H2,1H3. The second-order valence-electron chi connectivity index (χ2n) is 4.22. The normalized spacial score (nSPS) is 12.1. The molecule has 0 amide bonds. The molecule has 1 unspecified atom stereocenters. The Labute approximate surface area is 107 Å². The summed E-state index contributed by atoms with van der Waals surface area (Å²) < 4.78 is 5.76. The van der Waals surface area contributed by atoms with E-state index < -0.39 is 0 Å². The molecule has 0 aromatic heterocycles. The summed E-state index contributed by atoms with van der Waals surface area (Å²) in [5.41, 5.74) is 13.6. The van der Waals surface area contributed by atoms with Crippen LogP contribution in [0.3, 0.4) is 0 Å². The van der Waals surface area contributed by atoms with Crippen molar-refractivity contribution < 1.29 is 4.74 Å². The first-order valence-electron chi connectivity index (χ1n) is 6.08. The molecule has 94 valence electrons. The second kappa shape index (κ2) is 5.56. The van der Waals surface area contributed by atoms with E-state index in [9.17, 15) is 0 Å². The van der Waals surface area contributed by atoms with Crippen LogP contribution in [0.4, 0.5) is 5.69 Å². The summed E-state index contributed by atoms with van der Waals surface area (Å²) in [6.07, 6.45) is 0.846. The number of ether oxygens (including phenoxy) is 1. The summed E-state index contributed by atoms with van der Waals surface area (Å²) in [6.45, 7) is 2.04. The maximum Gasteiger partial charge on any atom is 0.127 e. The van der Waals surface area contributed by atoms with Crippen molar-refractivity contribution in [3.05, 3.63) is 54.1 Å². The van der Waals surface area contributed by atoms with Crippen LogP contribution in [0.2, 0.25) is 0 Å². The summed E-state index contributed by atoms with van der Waals surface area (Å²) in [5.74, 6) is 1.56. The van der Waals surface area contributed by atoms with Crippen LogP contribution >= 0.6 is 0 Å². The van der Waals surface area contributed by atoms with Crippen molar-refractivity contribution in [3.63, 3.8) is 0 Å². The minimum atomic E-state index is -0.0516. The Balaban J connectivity index is 2.25. The van der Waals surface area contributed by atoms with E-state index in [1.807, 2.05) is 55.5 Å². The summed E-state index contributed by atoms with van der Waals surface area (Å²) in [4.78, 5) is 0. The molecule has 0 aliphatic heterocycles. The first kappa shape index (κ1) is 12.5. The first-order valence-corrected chi connectivity index (χ1v) is 6.08. The number of rotatable bonds is 4. The lowest BCUT2D eigenvalue weighted by molar-refractivity contribution is 0.481. The fourth-order valence-electron chi connectivity index (χ4n) is 1.78. The molecule has 0 aliphatic carbocycles. The monoisotopic (exact) mass is 242 g/mol. The number of nitrogen functional groups attached to an aromatic ring is 1. The number of benzene rings is 2. The molecule has 0 bridgehead atoms. The van der Waals surface area contributed by atoms with Gasteiger partial charge in [0.25, 0.3) is 0 Å². The third-order valence-corrected chi connectivity index (χ3v) is 2.88. The molecule has 4 N–H and O–H groups in total. The van der Waals surface area contributed by atoms with Crippen molar-refractivity contribution in [1.82, 2.24) is 0 Å². The van der Waals surface area contributed by atoms with Gasteiger partial charge in [-0.25, -0.2) is 0 Å². The predicted molar refractivity (Wildman–Crippen MR) is 74.6 cm³/mol. The second-order valence-corrected chi connectivity index (χ2v) is 4.22. The van der Waals surface area contributed by atoms with Gasteiger partial charge in [-0.2, -0.15) is 0 Å². The Bertz CT molecular complexity index is 511. The van der Waals surface area contributed by atoms with E-state index in [4.69, 9.17) is 16.2 Å².